The molecule has 0 bridgehead atoms. The fraction of sp³-hybridized carbons (Fsp3) is 0.250. The van der Waals surface area contributed by atoms with Gasteiger partial charge >= 0.3 is 5.97 Å². The normalized spacial score (nSPS) is 12.0. The maximum Gasteiger partial charge on any atom is 0.356 e. The van der Waals surface area contributed by atoms with Crippen LogP contribution < -0.4 is 5.32 Å². The van der Waals surface area contributed by atoms with E-state index in [1.807, 2.05) is 25.1 Å². The van der Waals surface area contributed by atoms with Gasteiger partial charge in [0, 0.05) is 18.8 Å². The lowest BCUT2D eigenvalue weighted by Gasteiger charge is -2.16. The Morgan fingerprint density at radius 3 is 2.73 bits per heavy atom. The molecular weight excluding hydrogens is 323 g/mol. The highest BCUT2D eigenvalue weighted by Gasteiger charge is 2.12. The molecule has 2 aromatic rings. The van der Waals surface area contributed by atoms with E-state index in [2.05, 4.69) is 15.0 Å². The average Bonchev–Trinajstić information content (AvgIpc) is 2.55. The molecule has 6 heteroatoms. The number of methoxy groups -OCH3 is 1. The molecule has 0 aliphatic rings. The van der Waals surface area contributed by atoms with Gasteiger partial charge in [0.15, 0.2) is 0 Å². The Morgan fingerprint density at radius 2 is 2.09 bits per heavy atom. The van der Waals surface area contributed by atoms with Gasteiger partial charge in [0.25, 0.3) is 0 Å². The van der Waals surface area contributed by atoms with Crippen molar-refractivity contribution >= 4 is 29.2 Å². The average molecular weight is 339 g/mol. The zero-order valence-corrected chi connectivity index (χ0v) is 13.8. The van der Waals surface area contributed by atoms with Crippen molar-refractivity contribution in [2.45, 2.75) is 19.5 Å². The number of hydrogen-bond donors (Lipinski definition) is 1. The van der Waals surface area contributed by atoms with E-state index in [0.717, 1.165) is 11.1 Å². The van der Waals surface area contributed by atoms with Crippen molar-refractivity contribution in [2.75, 3.05) is 7.11 Å². The molecule has 1 aromatic carbocycles. The molecule has 2 rings (SSSR count). The third kappa shape index (κ3) is 3.97. The zero-order chi connectivity index (χ0) is 16.1. The number of esters is 1. The number of carbonyl (C=O) groups is 1. The maximum absolute atomic E-state index is 11.3. The van der Waals surface area contributed by atoms with Gasteiger partial charge in [-0.05, 0) is 30.2 Å². The summed E-state index contributed by atoms with van der Waals surface area (Å²) in [6.45, 7) is 2.60. The Morgan fingerprint density at radius 1 is 1.32 bits per heavy atom. The number of pyridine rings is 1. The van der Waals surface area contributed by atoms with Gasteiger partial charge in [-0.1, -0.05) is 41.4 Å². The topological polar surface area (TPSA) is 51.2 Å². The molecule has 1 N–H and O–H groups in total. The SMILES string of the molecule is COC(=O)c1ccc(CNC(C)c2cccc(Cl)c2Cl)cn1. The molecule has 0 radical (unpaired) electrons. The summed E-state index contributed by atoms with van der Waals surface area (Å²) < 4.78 is 4.61. The van der Waals surface area contributed by atoms with E-state index in [1.165, 1.54) is 7.11 Å². The summed E-state index contributed by atoms with van der Waals surface area (Å²) >= 11 is 12.2. The largest absolute Gasteiger partial charge is 0.464 e. The Bertz CT molecular complexity index is 660. The molecule has 1 atom stereocenters. The lowest BCUT2D eigenvalue weighted by Crippen LogP contribution is -2.18. The molecule has 0 saturated heterocycles. The smallest absolute Gasteiger partial charge is 0.356 e. The predicted octanol–water partition coefficient (Wildman–Crippen LogP) is 4.03. The van der Waals surface area contributed by atoms with Crippen LogP contribution in [0.5, 0.6) is 0 Å². The summed E-state index contributed by atoms with van der Waals surface area (Å²) in [5.74, 6) is -0.446. The van der Waals surface area contributed by atoms with Crippen LogP contribution in [0, 0.1) is 0 Å². The molecule has 4 nitrogen and oxygen atoms in total. The summed E-state index contributed by atoms with van der Waals surface area (Å²) in [6, 6.07) is 9.07. The second kappa shape index (κ2) is 7.58. The van der Waals surface area contributed by atoms with Gasteiger partial charge in [-0.2, -0.15) is 0 Å². The van der Waals surface area contributed by atoms with Crippen molar-refractivity contribution in [1.82, 2.24) is 10.3 Å². The summed E-state index contributed by atoms with van der Waals surface area (Å²) in [7, 11) is 1.33. The van der Waals surface area contributed by atoms with E-state index in [0.29, 0.717) is 16.6 Å². The number of hydrogen-bond acceptors (Lipinski definition) is 4. The number of aromatic nitrogens is 1. The summed E-state index contributed by atoms with van der Waals surface area (Å²) in [6.07, 6.45) is 1.64. The molecule has 0 aliphatic heterocycles. The van der Waals surface area contributed by atoms with Gasteiger partial charge in [0.2, 0.25) is 0 Å². The zero-order valence-electron chi connectivity index (χ0n) is 12.3. The molecule has 0 spiro atoms. The van der Waals surface area contributed by atoms with Crippen LogP contribution in [0.2, 0.25) is 10.0 Å². The van der Waals surface area contributed by atoms with Crippen LogP contribution in [0.1, 0.15) is 34.6 Å². The number of nitrogens with one attached hydrogen (secondary N) is 1. The minimum absolute atomic E-state index is 0.0338. The molecule has 0 amide bonds. The van der Waals surface area contributed by atoms with E-state index in [4.69, 9.17) is 23.2 Å². The predicted molar refractivity (Wildman–Crippen MR) is 87.3 cm³/mol. The third-order valence-electron chi connectivity index (χ3n) is 3.28. The first-order valence-electron chi connectivity index (χ1n) is 6.73. The summed E-state index contributed by atoms with van der Waals surface area (Å²) in [4.78, 5) is 15.4. The van der Waals surface area contributed by atoms with E-state index in [1.54, 1.807) is 18.3 Å². The summed E-state index contributed by atoms with van der Waals surface area (Å²) in [5.41, 5.74) is 2.18. The number of carbonyl (C=O) groups excluding carboxylic acids is 1. The highest BCUT2D eigenvalue weighted by atomic mass is 35.5. The van der Waals surface area contributed by atoms with Crippen LogP contribution in [0.4, 0.5) is 0 Å². The van der Waals surface area contributed by atoms with Gasteiger partial charge in [-0.15, -0.1) is 0 Å². The number of ether oxygens (including phenoxy) is 1. The van der Waals surface area contributed by atoms with Crippen molar-refractivity contribution in [1.29, 1.82) is 0 Å². The van der Waals surface area contributed by atoms with Crippen molar-refractivity contribution in [3.63, 3.8) is 0 Å². The number of halogens is 2. The monoisotopic (exact) mass is 338 g/mol. The van der Waals surface area contributed by atoms with Gasteiger partial charge in [-0.25, -0.2) is 9.78 Å². The van der Waals surface area contributed by atoms with Gasteiger partial charge in [0.05, 0.1) is 17.2 Å². The minimum atomic E-state index is -0.446. The number of rotatable bonds is 5. The number of nitrogens with zero attached hydrogens (tertiary/aromatic N) is 1. The molecule has 1 unspecified atom stereocenters. The highest BCUT2D eigenvalue weighted by Crippen LogP contribution is 2.29. The first-order valence-corrected chi connectivity index (χ1v) is 7.49. The van der Waals surface area contributed by atoms with E-state index >= 15 is 0 Å². The molecule has 22 heavy (non-hydrogen) atoms. The van der Waals surface area contributed by atoms with E-state index < -0.39 is 5.97 Å². The molecule has 1 heterocycles. The van der Waals surface area contributed by atoms with Crippen molar-refractivity contribution in [3.05, 3.63) is 63.4 Å². The van der Waals surface area contributed by atoms with Crippen molar-refractivity contribution < 1.29 is 9.53 Å². The van der Waals surface area contributed by atoms with Crippen LogP contribution in [0.3, 0.4) is 0 Å². The van der Waals surface area contributed by atoms with E-state index in [-0.39, 0.29) is 11.7 Å². The fourth-order valence-electron chi connectivity index (χ4n) is 1.99. The first kappa shape index (κ1) is 16.7. The Labute approximate surface area is 139 Å². The fourth-order valence-corrected chi connectivity index (χ4v) is 2.46. The van der Waals surface area contributed by atoms with Crippen molar-refractivity contribution in [2.24, 2.45) is 0 Å². The van der Waals surface area contributed by atoms with Crippen LogP contribution >= 0.6 is 23.2 Å². The molecule has 116 valence electrons. The van der Waals surface area contributed by atoms with Crippen LogP contribution in [0.15, 0.2) is 36.5 Å². The second-order valence-corrected chi connectivity index (χ2v) is 5.57. The molecule has 0 aliphatic carbocycles. The van der Waals surface area contributed by atoms with Crippen LogP contribution in [-0.4, -0.2) is 18.1 Å². The number of benzene rings is 1. The maximum atomic E-state index is 11.3. The Hall–Kier alpha value is -1.62. The lowest BCUT2D eigenvalue weighted by molar-refractivity contribution is 0.0594. The minimum Gasteiger partial charge on any atom is -0.464 e. The summed E-state index contributed by atoms with van der Waals surface area (Å²) in [5, 5.41) is 4.44. The standard InChI is InChI=1S/C16H16Cl2N2O2/c1-10(12-4-3-5-13(17)15(12)18)19-8-11-6-7-14(20-9-11)16(21)22-2/h3-7,9-10,19H,8H2,1-2H3. The van der Waals surface area contributed by atoms with Gasteiger partial charge in [-0.3, -0.25) is 0 Å². The highest BCUT2D eigenvalue weighted by molar-refractivity contribution is 6.42. The first-order chi connectivity index (χ1) is 10.5. The molecular formula is C16H16Cl2N2O2. The van der Waals surface area contributed by atoms with Crippen LogP contribution in [-0.2, 0) is 11.3 Å². The Balaban J connectivity index is 2.00. The molecule has 0 saturated carbocycles. The second-order valence-electron chi connectivity index (χ2n) is 4.79. The lowest BCUT2D eigenvalue weighted by atomic mass is 10.1. The van der Waals surface area contributed by atoms with Gasteiger partial charge < -0.3 is 10.1 Å². The molecule has 0 fully saturated rings. The van der Waals surface area contributed by atoms with E-state index in [9.17, 15) is 4.79 Å². The molecule has 1 aromatic heterocycles. The van der Waals surface area contributed by atoms with Gasteiger partial charge in [0.1, 0.15) is 5.69 Å². The Kier molecular flexibility index (Phi) is 5.77. The van der Waals surface area contributed by atoms with Crippen molar-refractivity contribution in [3.8, 4) is 0 Å². The quantitative estimate of drug-likeness (QED) is 0.836. The van der Waals surface area contributed by atoms with Crippen LogP contribution in [0.25, 0.3) is 0 Å². The third-order valence-corrected chi connectivity index (χ3v) is 4.11.